The van der Waals surface area contributed by atoms with Gasteiger partial charge in [0.05, 0.1) is 0 Å². The number of carbonyl (C=O) groups is 3. The van der Waals surface area contributed by atoms with Crippen molar-refractivity contribution in [2.45, 2.75) is 19.9 Å². The first kappa shape index (κ1) is 20.1. The van der Waals surface area contributed by atoms with Crippen LogP contribution in [0.4, 0.5) is 10.5 Å². The average Bonchev–Trinajstić information content (AvgIpc) is 2.65. The van der Waals surface area contributed by atoms with Gasteiger partial charge in [0.15, 0.2) is 12.6 Å². The van der Waals surface area contributed by atoms with Gasteiger partial charge in [0, 0.05) is 18.3 Å². The zero-order chi connectivity index (χ0) is 19.8. The molecular formula is C20H25N4O3+. The molecular weight excluding hydrogens is 344 g/mol. The number of imide groups is 1. The van der Waals surface area contributed by atoms with Crippen LogP contribution in [-0.2, 0) is 9.59 Å². The highest BCUT2D eigenvalue weighted by atomic mass is 16.2. The van der Waals surface area contributed by atoms with E-state index in [0.717, 1.165) is 16.8 Å². The molecule has 2 aromatic carbocycles. The quantitative estimate of drug-likeness (QED) is 0.611. The van der Waals surface area contributed by atoms with Crippen molar-refractivity contribution in [2.24, 2.45) is 0 Å². The monoisotopic (exact) mass is 369 g/mol. The molecule has 0 aliphatic heterocycles. The van der Waals surface area contributed by atoms with Gasteiger partial charge in [-0.25, -0.2) is 4.79 Å². The lowest BCUT2D eigenvalue weighted by atomic mass is 10.1. The Morgan fingerprint density at radius 1 is 0.963 bits per heavy atom. The normalized spacial score (nSPS) is 11.4. The van der Waals surface area contributed by atoms with Crippen LogP contribution in [0.5, 0.6) is 0 Å². The van der Waals surface area contributed by atoms with E-state index in [1.54, 1.807) is 29.6 Å². The molecule has 0 aromatic heterocycles. The van der Waals surface area contributed by atoms with Crippen molar-refractivity contribution in [1.29, 1.82) is 0 Å². The number of anilines is 1. The Balaban J connectivity index is 2.08. The maximum Gasteiger partial charge on any atom is 0.321 e. The number of aryl methyl sites for hydroxylation is 2. The predicted molar refractivity (Wildman–Crippen MR) is 103 cm³/mol. The molecule has 0 bridgehead atoms. The Labute approximate surface area is 158 Å². The van der Waals surface area contributed by atoms with Crippen LogP contribution in [0.25, 0.3) is 0 Å². The number of urea groups is 1. The minimum absolute atomic E-state index is 0.0362. The van der Waals surface area contributed by atoms with Gasteiger partial charge in [0.25, 0.3) is 11.8 Å². The van der Waals surface area contributed by atoms with Gasteiger partial charge in [-0.1, -0.05) is 48.5 Å². The molecule has 0 aliphatic rings. The van der Waals surface area contributed by atoms with Crippen molar-refractivity contribution < 1.29 is 19.7 Å². The van der Waals surface area contributed by atoms with E-state index in [4.69, 9.17) is 0 Å². The summed E-state index contributed by atoms with van der Waals surface area (Å²) in [5.74, 6) is -0.707. The number of hydrogen-bond donors (Lipinski definition) is 4. The van der Waals surface area contributed by atoms with Gasteiger partial charge in [0.2, 0.25) is 0 Å². The van der Waals surface area contributed by atoms with E-state index >= 15 is 0 Å². The Hall–Kier alpha value is -3.19. The van der Waals surface area contributed by atoms with Crippen molar-refractivity contribution >= 4 is 23.5 Å². The maximum absolute atomic E-state index is 12.5. The second-order valence-corrected chi connectivity index (χ2v) is 6.21. The van der Waals surface area contributed by atoms with Crippen molar-refractivity contribution in [2.75, 3.05) is 18.9 Å². The predicted octanol–water partition coefficient (Wildman–Crippen LogP) is 1.00. The van der Waals surface area contributed by atoms with Gasteiger partial charge in [-0.3, -0.25) is 14.9 Å². The minimum Gasteiger partial charge on any atom is -0.341 e. The lowest BCUT2D eigenvalue weighted by Gasteiger charge is -2.16. The molecule has 2 aromatic rings. The lowest BCUT2D eigenvalue weighted by molar-refractivity contribution is -0.672. The molecule has 1 atom stereocenters. The number of hydrogen-bond acceptors (Lipinski definition) is 3. The zero-order valence-electron chi connectivity index (χ0n) is 15.7. The van der Waals surface area contributed by atoms with Gasteiger partial charge in [-0.15, -0.1) is 0 Å². The van der Waals surface area contributed by atoms with Crippen LogP contribution >= 0.6 is 0 Å². The number of quaternary nitrogens is 1. The summed E-state index contributed by atoms with van der Waals surface area (Å²) < 4.78 is 0. The second-order valence-electron chi connectivity index (χ2n) is 6.21. The number of amides is 4. The largest absolute Gasteiger partial charge is 0.341 e. The molecule has 0 heterocycles. The van der Waals surface area contributed by atoms with Crippen LogP contribution in [0.15, 0.2) is 48.5 Å². The highest BCUT2D eigenvalue weighted by molar-refractivity contribution is 5.97. The van der Waals surface area contributed by atoms with Crippen LogP contribution in [0, 0.1) is 13.8 Å². The lowest BCUT2D eigenvalue weighted by Crippen LogP contribution is -2.89. The summed E-state index contributed by atoms with van der Waals surface area (Å²) in [6.07, 6.45) is 0. The van der Waals surface area contributed by atoms with Crippen LogP contribution in [-0.4, -0.2) is 31.4 Å². The molecule has 0 unspecified atom stereocenters. The molecule has 142 valence electrons. The Kier molecular flexibility index (Phi) is 7.08. The third-order valence-corrected chi connectivity index (χ3v) is 4.19. The van der Waals surface area contributed by atoms with E-state index in [-0.39, 0.29) is 12.5 Å². The molecule has 4 amide bonds. The molecule has 0 fully saturated rings. The average molecular weight is 369 g/mol. The van der Waals surface area contributed by atoms with Crippen LogP contribution in [0.2, 0.25) is 0 Å². The van der Waals surface area contributed by atoms with Crippen molar-refractivity contribution in [3.8, 4) is 0 Å². The van der Waals surface area contributed by atoms with Gasteiger partial charge in [0.1, 0.15) is 0 Å². The number of nitrogens with two attached hydrogens (primary N) is 1. The minimum atomic E-state index is -0.716. The van der Waals surface area contributed by atoms with Crippen molar-refractivity contribution in [3.05, 3.63) is 65.2 Å². The highest BCUT2D eigenvalue weighted by Gasteiger charge is 2.26. The Bertz CT molecular complexity index is 801. The fourth-order valence-corrected chi connectivity index (χ4v) is 2.73. The highest BCUT2D eigenvalue weighted by Crippen LogP contribution is 2.19. The van der Waals surface area contributed by atoms with E-state index in [1.807, 2.05) is 38.1 Å². The first-order chi connectivity index (χ1) is 12.9. The molecule has 0 saturated heterocycles. The number of benzene rings is 2. The second kappa shape index (κ2) is 9.49. The first-order valence-corrected chi connectivity index (χ1v) is 8.69. The van der Waals surface area contributed by atoms with E-state index in [9.17, 15) is 14.4 Å². The van der Waals surface area contributed by atoms with Crippen LogP contribution < -0.4 is 21.3 Å². The Morgan fingerprint density at radius 2 is 1.59 bits per heavy atom. The van der Waals surface area contributed by atoms with E-state index in [1.165, 1.54) is 7.05 Å². The molecule has 0 spiro atoms. The topological polar surface area (TPSA) is 104 Å². The van der Waals surface area contributed by atoms with E-state index in [0.29, 0.717) is 5.56 Å². The molecule has 0 radical (unpaired) electrons. The molecule has 5 N–H and O–H groups in total. The number of nitrogens with one attached hydrogen (secondary N) is 3. The maximum atomic E-state index is 12.5. The molecule has 0 aliphatic carbocycles. The first-order valence-electron chi connectivity index (χ1n) is 8.69. The summed E-state index contributed by atoms with van der Waals surface area (Å²) in [5, 5.41) is 9.12. The third-order valence-electron chi connectivity index (χ3n) is 4.19. The van der Waals surface area contributed by atoms with Crippen molar-refractivity contribution in [1.82, 2.24) is 10.6 Å². The van der Waals surface area contributed by atoms with Gasteiger partial charge >= 0.3 is 6.03 Å². The van der Waals surface area contributed by atoms with Crippen molar-refractivity contribution in [3.63, 3.8) is 0 Å². The molecule has 7 nitrogen and oxygen atoms in total. The van der Waals surface area contributed by atoms with Crippen LogP contribution in [0.1, 0.15) is 22.7 Å². The summed E-state index contributed by atoms with van der Waals surface area (Å²) in [6.45, 7) is 3.89. The summed E-state index contributed by atoms with van der Waals surface area (Å²) in [6, 6.07) is 13.5. The summed E-state index contributed by atoms with van der Waals surface area (Å²) in [4.78, 5) is 36.3. The number of carbonyl (C=O) groups excluding carboxylic acids is 3. The molecule has 2 rings (SSSR count). The summed E-state index contributed by atoms with van der Waals surface area (Å²) >= 11 is 0. The standard InChI is InChI=1S/C20H24N4O3/c1-13-8-7-9-14(2)17(13)23-16(25)12-22-18(15-10-5-4-6-11-15)19(26)24-20(27)21-3/h4-11,18,22H,12H2,1-3H3,(H,23,25)(H2,21,24,26,27)/p+1/t18-/m0/s1. The molecule has 7 heteroatoms. The SMILES string of the molecule is CNC(=O)NC(=O)[C@@H]([NH2+]CC(=O)Nc1c(C)cccc1C)c1ccccc1. The zero-order valence-corrected chi connectivity index (χ0v) is 15.7. The summed E-state index contributed by atoms with van der Waals surface area (Å²) in [7, 11) is 1.43. The fraction of sp³-hybridized carbons (Fsp3) is 0.250. The number of rotatable bonds is 6. The fourth-order valence-electron chi connectivity index (χ4n) is 2.73. The Morgan fingerprint density at radius 3 is 2.19 bits per heavy atom. The van der Waals surface area contributed by atoms with E-state index < -0.39 is 18.0 Å². The molecule has 0 saturated carbocycles. The summed E-state index contributed by atoms with van der Waals surface area (Å²) in [5.41, 5.74) is 3.43. The van der Waals surface area contributed by atoms with E-state index in [2.05, 4.69) is 16.0 Å². The molecule has 27 heavy (non-hydrogen) atoms. The van der Waals surface area contributed by atoms with Gasteiger partial charge < -0.3 is 16.0 Å². The number of para-hydroxylation sites is 1. The smallest absolute Gasteiger partial charge is 0.321 e. The van der Waals surface area contributed by atoms with Gasteiger partial charge in [-0.2, -0.15) is 0 Å². The van der Waals surface area contributed by atoms with Gasteiger partial charge in [-0.05, 0) is 25.0 Å². The third kappa shape index (κ3) is 5.65. The van der Waals surface area contributed by atoms with Crippen LogP contribution in [0.3, 0.4) is 0 Å².